The average molecular weight is 414 g/mol. The van der Waals surface area contributed by atoms with Gasteiger partial charge in [0.2, 0.25) is 5.91 Å². The Labute approximate surface area is 175 Å². The van der Waals surface area contributed by atoms with E-state index >= 15 is 0 Å². The summed E-state index contributed by atoms with van der Waals surface area (Å²) in [4.78, 5) is 24.8. The fourth-order valence-electron chi connectivity index (χ4n) is 3.57. The maximum Gasteiger partial charge on any atom is 0.337 e. The van der Waals surface area contributed by atoms with Gasteiger partial charge in [-0.05, 0) is 55.2 Å². The first kappa shape index (κ1) is 21.9. The van der Waals surface area contributed by atoms with Crippen molar-refractivity contribution in [1.29, 1.82) is 0 Å². The Morgan fingerprint density at radius 2 is 1.87 bits per heavy atom. The average Bonchev–Trinajstić information content (AvgIpc) is 2.78. The molecule has 7 heteroatoms. The maximum absolute atomic E-state index is 13.5. The number of hydrogen-bond acceptors (Lipinski definition) is 5. The van der Waals surface area contributed by atoms with Gasteiger partial charge in [0.15, 0.2) is 0 Å². The Kier molecular flexibility index (Phi) is 7.18. The molecule has 2 aromatic rings. The molecule has 30 heavy (non-hydrogen) atoms. The van der Waals surface area contributed by atoms with Crippen LogP contribution in [0.3, 0.4) is 0 Å². The summed E-state index contributed by atoms with van der Waals surface area (Å²) < 4.78 is 23.7. The smallest absolute Gasteiger partial charge is 0.337 e. The molecule has 2 aromatic carbocycles. The highest BCUT2D eigenvalue weighted by Crippen LogP contribution is 2.24. The van der Waals surface area contributed by atoms with Crippen LogP contribution in [0.15, 0.2) is 48.5 Å². The van der Waals surface area contributed by atoms with E-state index in [0.29, 0.717) is 38.2 Å². The molecule has 2 N–H and O–H groups in total. The quantitative estimate of drug-likeness (QED) is 0.681. The fourth-order valence-corrected chi connectivity index (χ4v) is 3.57. The van der Waals surface area contributed by atoms with E-state index in [4.69, 9.17) is 9.47 Å². The minimum absolute atomic E-state index is 0.119. The van der Waals surface area contributed by atoms with Gasteiger partial charge in [0.05, 0.1) is 18.7 Å². The zero-order valence-corrected chi connectivity index (χ0v) is 17.2. The number of ether oxygens (including phenoxy) is 2. The van der Waals surface area contributed by atoms with E-state index < -0.39 is 11.5 Å². The molecule has 0 spiro atoms. The van der Waals surface area contributed by atoms with Crippen molar-refractivity contribution in [3.8, 4) is 0 Å². The first-order chi connectivity index (χ1) is 14.4. The molecule has 0 aliphatic carbocycles. The second kappa shape index (κ2) is 9.82. The van der Waals surface area contributed by atoms with E-state index in [0.717, 1.165) is 11.1 Å². The van der Waals surface area contributed by atoms with Crippen LogP contribution in [0, 0.1) is 5.82 Å². The summed E-state index contributed by atoms with van der Waals surface area (Å²) in [7, 11) is 1.34. The molecule has 1 heterocycles. The van der Waals surface area contributed by atoms with Crippen molar-refractivity contribution in [3.63, 3.8) is 0 Å². The summed E-state index contributed by atoms with van der Waals surface area (Å²) in [5.74, 6) is -0.823. The molecule has 1 aliphatic heterocycles. The van der Waals surface area contributed by atoms with Gasteiger partial charge in [-0.3, -0.25) is 10.1 Å². The van der Waals surface area contributed by atoms with Gasteiger partial charge in [-0.2, -0.15) is 0 Å². The summed E-state index contributed by atoms with van der Waals surface area (Å²) in [6, 6.07) is 13.0. The molecule has 0 saturated carbocycles. The van der Waals surface area contributed by atoms with E-state index in [1.165, 1.54) is 19.2 Å². The molecule has 1 aliphatic rings. The van der Waals surface area contributed by atoms with Crippen LogP contribution >= 0.6 is 0 Å². The number of methoxy groups -OCH3 is 1. The number of hydrogen-bond donors (Lipinski definition) is 2. The summed E-state index contributed by atoms with van der Waals surface area (Å²) in [5, 5.41) is 6.42. The highest BCUT2D eigenvalue weighted by Gasteiger charge is 2.40. The summed E-state index contributed by atoms with van der Waals surface area (Å²) >= 11 is 0. The highest BCUT2D eigenvalue weighted by atomic mass is 19.1. The zero-order chi connectivity index (χ0) is 21.6. The molecular weight excluding hydrogens is 387 g/mol. The zero-order valence-electron chi connectivity index (χ0n) is 17.2. The van der Waals surface area contributed by atoms with Crippen molar-refractivity contribution in [1.82, 2.24) is 10.6 Å². The number of halogens is 1. The van der Waals surface area contributed by atoms with Crippen LogP contribution in [0.25, 0.3) is 0 Å². The topological polar surface area (TPSA) is 76.7 Å². The molecule has 0 radical (unpaired) electrons. The first-order valence-electron chi connectivity index (χ1n) is 10.00. The molecule has 3 rings (SSSR count). The lowest BCUT2D eigenvalue weighted by Gasteiger charge is -2.37. The van der Waals surface area contributed by atoms with Crippen LogP contribution in [-0.4, -0.2) is 37.7 Å². The molecule has 1 atom stereocenters. The maximum atomic E-state index is 13.5. The van der Waals surface area contributed by atoms with Gasteiger partial charge in [0.1, 0.15) is 11.4 Å². The van der Waals surface area contributed by atoms with Gasteiger partial charge in [0.25, 0.3) is 0 Å². The van der Waals surface area contributed by atoms with Gasteiger partial charge in [-0.25, -0.2) is 9.18 Å². The molecule has 1 saturated heterocycles. The second-order valence-electron chi connectivity index (χ2n) is 7.49. The number of carbonyl (C=O) groups is 2. The minimum Gasteiger partial charge on any atom is -0.465 e. The molecule has 6 nitrogen and oxygen atoms in total. The summed E-state index contributed by atoms with van der Waals surface area (Å²) in [6.07, 6.45) is 1.06. The Balaban J connectivity index is 1.69. The second-order valence-corrected chi connectivity index (χ2v) is 7.49. The molecular formula is C23H27FN2O4. The Morgan fingerprint density at radius 1 is 1.17 bits per heavy atom. The first-order valence-corrected chi connectivity index (χ1v) is 10.00. The van der Waals surface area contributed by atoms with Crippen molar-refractivity contribution in [3.05, 3.63) is 71.0 Å². The van der Waals surface area contributed by atoms with Crippen LogP contribution in [0.2, 0.25) is 0 Å². The number of rotatable bonds is 7. The van der Waals surface area contributed by atoms with Gasteiger partial charge in [0, 0.05) is 19.8 Å². The Morgan fingerprint density at radius 3 is 2.50 bits per heavy atom. The van der Waals surface area contributed by atoms with Crippen LogP contribution in [0.4, 0.5) is 4.39 Å². The van der Waals surface area contributed by atoms with E-state index in [1.54, 1.807) is 30.3 Å². The predicted molar refractivity (Wildman–Crippen MR) is 110 cm³/mol. The third-order valence-electron chi connectivity index (χ3n) is 5.48. The fraction of sp³-hybridized carbons (Fsp3) is 0.391. The molecule has 160 valence electrons. The van der Waals surface area contributed by atoms with Crippen molar-refractivity contribution >= 4 is 11.9 Å². The summed E-state index contributed by atoms with van der Waals surface area (Å²) in [6.45, 7) is 3.23. The van der Waals surface area contributed by atoms with Crippen LogP contribution in [-0.2, 0) is 20.8 Å². The van der Waals surface area contributed by atoms with Crippen molar-refractivity contribution in [2.45, 2.75) is 37.9 Å². The number of amides is 1. The standard InChI is InChI=1S/C23H27FN2O4/c1-16(18-6-8-19(9-7-18)21(27)29-2)26-22(28)23(10-12-30-13-11-23)25-15-17-4-3-5-20(24)14-17/h3-9,14,16,25H,10-13,15H2,1-2H3,(H,26,28). The van der Waals surface area contributed by atoms with E-state index in [2.05, 4.69) is 10.6 Å². The number of benzene rings is 2. The monoisotopic (exact) mass is 414 g/mol. The number of esters is 1. The molecule has 1 fully saturated rings. The lowest BCUT2D eigenvalue weighted by Crippen LogP contribution is -2.59. The Hall–Kier alpha value is -2.77. The number of nitrogens with one attached hydrogen (secondary N) is 2. The van der Waals surface area contributed by atoms with Gasteiger partial charge < -0.3 is 14.8 Å². The Bertz CT molecular complexity index is 879. The molecule has 0 bridgehead atoms. The summed E-state index contributed by atoms with van der Waals surface area (Å²) in [5.41, 5.74) is 1.33. The van der Waals surface area contributed by atoms with Crippen molar-refractivity contribution in [2.24, 2.45) is 0 Å². The van der Waals surface area contributed by atoms with Crippen molar-refractivity contribution < 1.29 is 23.5 Å². The van der Waals surface area contributed by atoms with Gasteiger partial charge in [-0.1, -0.05) is 24.3 Å². The van der Waals surface area contributed by atoms with Gasteiger partial charge in [-0.15, -0.1) is 0 Å². The molecule has 0 aromatic heterocycles. The highest BCUT2D eigenvalue weighted by molar-refractivity contribution is 5.89. The van der Waals surface area contributed by atoms with Crippen LogP contribution in [0.5, 0.6) is 0 Å². The normalized spacial score (nSPS) is 16.5. The number of carbonyl (C=O) groups excluding carboxylic acids is 2. The third kappa shape index (κ3) is 5.23. The van der Waals surface area contributed by atoms with E-state index in [1.807, 2.05) is 13.0 Å². The van der Waals surface area contributed by atoms with Crippen LogP contribution in [0.1, 0.15) is 47.3 Å². The molecule has 1 unspecified atom stereocenters. The molecule has 1 amide bonds. The lowest BCUT2D eigenvalue weighted by atomic mass is 9.88. The largest absolute Gasteiger partial charge is 0.465 e. The van der Waals surface area contributed by atoms with Gasteiger partial charge >= 0.3 is 5.97 Å². The SMILES string of the molecule is COC(=O)c1ccc(C(C)NC(=O)C2(NCc3cccc(F)c3)CCOCC2)cc1. The van der Waals surface area contributed by atoms with E-state index in [9.17, 15) is 14.0 Å². The van der Waals surface area contributed by atoms with E-state index in [-0.39, 0.29) is 17.8 Å². The van der Waals surface area contributed by atoms with Crippen molar-refractivity contribution in [2.75, 3.05) is 20.3 Å². The lowest BCUT2D eigenvalue weighted by molar-refractivity contribution is -0.132. The van der Waals surface area contributed by atoms with Crippen LogP contribution < -0.4 is 10.6 Å². The minimum atomic E-state index is -0.787. The predicted octanol–water partition coefficient (Wildman–Crippen LogP) is 3.13. The third-order valence-corrected chi connectivity index (χ3v) is 5.48.